The zero-order valence-electron chi connectivity index (χ0n) is 10.5. The molecule has 0 aliphatic carbocycles. The van der Waals surface area contributed by atoms with E-state index in [0.29, 0.717) is 17.7 Å². The number of ether oxygens (including phenoxy) is 1. The molecule has 1 N–H and O–H groups in total. The zero-order chi connectivity index (χ0) is 12.6. The highest BCUT2D eigenvalue weighted by atomic mass is 35.5. The van der Waals surface area contributed by atoms with Crippen LogP contribution in [0.4, 0.5) is 0 Å². The van der Waals surface area contributed by atoms with Gasteiger partial charge in [0.15, 0.2) is 0 Å². The standard InChI is InChI=1S/C14H20ClNOS/c15-6-9-17-8-3-7-16-11-13-10-12-4-1-2-5-14(12)18-13/h1-2,4-5,13,16H,3,6-11H2. The average molecular weight is 286 g/mol. The van der Waals surface area contributed by atoms with Gasteiger partial charge in [0.05, 0.1) is 6.61 Å². The Bertz CT molecular complexity index is 336. The van der Waals surface area contributed by atoms with E-state index < -0.39 is 0 Å². The number of hydrogen-bond donors (Lipinski definition) is 1. The Balaban J connectivity index is 1.54. The number of fused-ring (bicyclic) bond motifs is 1. The van der Waals surface area contributed by atoms with Gasteiger partial charge in [-0.1, -0.05) is 18.2 Å². The molecule has 1 aliphatic heterocycles. The van der Waals surface area contributed by atoms with Gasteiger partial charge in [0.2, 0.25) is 0 Å². The minimum atomic E-state index is 0.588. The largest absolute Gasteiger partial charge is 0.380 e. The fraction of sp³-hybridized carbons (Fsp3) is 0.571. The maximum atomic E-state index is 5.53. The number of benzene rings is 1. The van der Waals surface area contributed by atoms with Crippen LogP contribution in [0.3, 0.4) is 0 Å². The smallest absolute Gasteiger partial charge is 0.0601 e. The molecule has 0 spiro atoms. The van der Waals surface area contributed by atoms with E-state index in [1.54, 1.807) is 0 Å². The molecule has 1 unspecified atom stereocenters. The molecule has 2 rings (SSSR count). The van der Waals surface area contributed by atoms with Gasteiger partial charge in [-0.25, -0.2) is 0 Å². The van der Waals surface area contributed by atoms with Crippen molar-refractivity contribution in [2.24, 2.45) is 0 Å². The van der Waals surface area contributed by atoms with E-state index in [0.717, 1.165) is 26.1 Å². The first-order chi connectivity index (χ1) is 8.90. The van der Waals surface area contributed by atoms with Crippen LogP contribution >= 0.6 is 23.4 Å². The van der Waals surface area contributed by atoms with Gasteiger partial charge in [-0.05, 0) is 31.0 Å². The molecule has 0 saturated carbocycles. The summed E-state index contributed by atoms with van der Waals surface area (Å²) in [6.45, 7) is 3.57. The number of hydrogen-bond acceptors (Lipinski definition) is 3. The van der Waals surface area contributed by atoms with Gasteiger partial charge in [0.1, 0.15) is 0 Å². The van der Waals surface area contributed by atoms with E-state index in [1.807, 2.05) is 11.8 Å². The SMILES string of the molecule is ClCCOCCCNCC1Cc2ccccc2S1. The second-order valence-corrected chi connectivity index (χ2v) is 6.13. The molecule has 100 valence electrons. The molecule has 2 nitrogen and oxygen atoms in total. The van der Waals surface area contributed by atoms with E-state index in [2.05, 4.69) is 29.6 Å². The van der Waals surface area contributed by atoms with E-state index in [9.17, 15) is 0 Å². The minimum Gasteiger partial charge on any atom is -0.380 e. The van der Waals surface area contributed by atoms with Crippen molar-refractivity contribution in [1.29, 1.82) is 0 Å². The van der Waals surface area contributed by atoms with Crippen LogP contribution in [0.5, 0.6) is 0 Å². The van der Waals surface area contributed by atoms with E-state index in [1.165, 1.54) is 16.9 Å². The predicted octanol–water partition coefficient (Wildman–Crippen LogP) is 2.94. The molecule has 18 heavy (non-hydrogen) atoms. The second kappa shape index (κ2) is 8.05. The second-order valence-electron chi connectivity index (χ2n) is 4.41. The summed E-state index contributed by atoms with van der Waals surface area (Å²) in [7, 11) is 0. The number of rotatable bonds is 8. The summed E-state index contributed by atoms with van der Waals surface area (Å²) in [6.07, 6.45) is 2.25. The van der Waals surface area contributed by atoms with Crippen LogP contribution in [0.1, 0.15) is 12.0 Å². The topological polar surface area (TPSA) is 21.3 Å². The van der Waals surface area contributed by atoms with Crippen molar-refractivity contribution in [3.05, 3.63) is 29.8 Å². The van der Waals surface area contributed by atoms with Gasteiger partial charge in [-0.15, -0.1) is 23.4 Å². The molecular formula is C14H20ClNOS. The van der Waals surface area contributed by atoms with Crippen molar-refractivity contribution >= 4 is 23.4 Å². The predicted molar refractivity (Wildman–Crippen MR) is 78.8 cm³/mol. The fourth-order valence-corrected chi connectivity index (χ4v) is 3.48. The summed E-state index contributed by atoms with van der Waals surface area (Å²) in [6, 6.07) is 8.71. The molecule has 0 fully saturated rings. The van der Waals surface area contributed by atoms with E-state index in [-0.39, 0.29) is 0 Å². The maximum absolute atomic E-state index is 5.53. The Labute approximate surface area is 118 Å². The lowest BCUT2D eigenvalue weighted by molar-refractivity contribution is 0.146. The quantitative estimate of drug-likeness (QED) is 0.586. The summed E-state index contributed by atoms with van der Waals surface area (Å²) in [5.41, 5.74) is 1.50. The summed E-state index contributed by atoms with van der Waals surface area (Å²) in [5.74, 6) is 0.588. The lowest BCUT2D eigenvalue weighted by atomic mass is 10.1. The Morgan fingerprint density at radius 3 is 3.06 bits per heavy atom. The average Bonchev–Trinajstić information content (AvgIpc) is 2.80. The third-order valence-corrected chi connectivity index (χ3v) is 4.42. The van der Waals surface area contributed by atoms with Crippen LogP contribution < -0.4 is 5.32 Å². The molecule has 1 aromatic carbocycles. The van der Waals surface area contributed by atoms with Crippen LogP contribution in [0, 0.1) is 0 Å². The molecule has 4 heteroatoms. The van der Waals surface area contributed by atoms with Crippen molar-refractivity contribution in [2.45, 2.75) is 23.0 Å². The van der Waals surface area contributed by atoms with Crippen molar-refractivity contribution < 1.29 is 4.74 Å². The molecule has 1 aromatic rings. The normalized spacial score (nSPS) is 17.9. The van der Waals surface area contributed by atoms with Gasteiger partial charge >= 0.3 is 0 Å². The molecule has 0 aromatic heterocycles. The summed E-state index contributed by atoms with van der Waals surface area (Å²) in [5, 5.41) is 4.19. The molecule has 0 amide bonds. The van der Waals surface area contributed by atoms with Gasteiger partial charge in [0, 0.05) is 29.2 Å². The monoisotopic (exact) mass is 285 g/mol. The number of thioether (sulfide) groups is 1. The maximum Gasteiger partial charge on any atom is 0.0601 e. The van der Waals surface area contributed by atoms with Crippen LogP contribution in [-0.2, 0) is 11.2 Å². The number of halogens is 1. The Kier molecular flexibility index (Phi) is 6.35. The van der Waals surface area contributed by atoms with Gasteiger partial charge in [0.25, 0.3) is 0 Å². The van der Waals surface area contributed by atoms with Gasteiger partial charge < -0.3 is 10.1 Å². The number of nitrogens with one attached hydrogen (secondary N) is 1. The highest BCUT2D eigenvalue weighted by Crippen LogP contribution is 2.36. The van der Waals surface area contributed by atoms with Gasteiger partial charge in [-0.3, -0.25) is 0 Å². The van der Waals surface area contributed by atoms with Crippen molar-refractivity contribution in [3.63, 3.8) is 0 Å². The van der Waals surface area contributed by atoms with Crippen LogP contribution in [0.25, 0.3) is 0 Å². The Morgan fingerprint density at radius 2 is 2.22 bits per heavy atom. The third kappa shape index (κ3) is 4.47. The van der Waals surface area contributed by atoms with Crippen molar-refractivity contribution in [3.8, 4) is 0 Å². The first kappa shape index (κ1) is 14.2. The fourth-order valence-electron chi connectivity index (χ4n) is 2.09. The van der Waals surface area contributed by atoms with Crippen LogP contribution in [0.15, 0.2) is 29.2 Å². The van der Waals surface area contributed by atoms with E-state index in [4.69, 9.17) is 16.3 Å². The first-order valence-electron chi connectivity index (χ1n) is 6.49. The van der Waals surface area contributed by atoms with E-state index >= 15 is 0 Å². The Morgan fingerprint density at radius 1 is 1.33 bits per heavy atom. The summed E-state index contributed by atoms with van der Waals surface area (Å²) < 4.78 is 5.33. The highest BCUT2D eigenvalue weighted by Gasteiger charge is 2.20. The van der Waals surface area contributed by atoms with Crippen LogP contribution in [-0.4, -0.2) is 37.4 Å². The lowest BCUT2D eigenvalue weighted by Gasteiger charge is -2.10. The molecule has 1 atom stereocenters. The molecule has 1 aliphatic rings. The van der Waals surface area contributed by atoms with Gasteiger partial charge in [-0.2, -0.15) is 0 Å². The molecule has 0 radical (unpaired) electrons. The molecule has 0 bridgehead atoms. The summed E-state index contributed by atoms with van der Waals surface area (Å²) in [4.78, 5) is 1.45. The van der Waals surface area contributed by atoms with Crippen molar-refractivity contribution in [2.75, 3.05) is 32.2 Å². The third-order valence-electron chi connectivity index (χ3n) is 2.95. The minimum absolute atomic E-state index is 0.588. The first-order valence-corrected chi connectivity index (χ1v) is 7.90. The molecular weight excluding hydrogens is 266 g/mol. The molecule has 0 saturated heterocycles. The zero-order valence-corrected chi connectivity index (χ0v) is 12.1. The number of alkyl halides is 1. The lowest BCUT2D eigenvalue weighted by Crippen LogP contribution is -2.26. The summed E-state index contributed by atoms with van der Waals surface area (Å²) >= 11 is 7.53. The Hall–Kier alpha value is -0.220. The van der Waals surface area contributed by atoms with Crippen LogP contribution in [0.2, 0.25) is 0 Å². The van der Waals surface area contributed by atoms with Crippen molar-refractivity contribution in [1.82, 2.24) is 5.32 Å². The molecule has 1 heterocycles. The highest BCUT2D eigenvalue weighted by molar-refractivity contribution is 8.00.